The van der Waals surface area contributed by atoms with E-state index in [-0.39, 0.29) is 6.04 Å². The van der Waals surface area contributed by atoms with Gasteiger partial charge in [0.2, 0.25) is 0 Å². The van der Waals surface area contributed by atoms with Gasteiger partial charge >= 0.3 is 0 Å². The summed E-state index contributed by atoms with van der Waals surface area (Å²) in [5.41, 5.74) is 7.97. The molecular weight excluding hydrogens is 248 g/mol. The largest absolute Gasteiger partial charge is 0.333 e. The van der Waals surface area contributed by atoms with E-state index >= 15 is 0 Å². The fourth-order valence-corrected chi connectivity index (χ4v) is 1.92. The highest BCUT2D eigenvalue weighted by atomic mass is 35.5. The van der Waals surface area contributed by atoms with Crippen LogP contribution in [0.15, 0.2) is 31.0 Å². The molecule has 2 aromatic rings. The Morgan fingerprint density at radius 1 is 1.50 bits per heavy atom. The van der Waals surface area contributed by atoms with Crippen molar-refractivity contribution in [1.82, 2.24) is 14.5 Å². The lowest BCUT2D eigenvalue weighted by molar-refractivity contribution is 0.638. The molecule has 0 aromatic carbocycles. The Hall–Kier alpha value is -1.39. The van der Waals surface area contributed by atoms with Gasteiger partial charge in [0.1, 0.15) is 0 Å². The molecule has 4 nitrogen and oxygen atoms in total. The average molecular weight is 265 g/mol. The quantitative estimate of drug-likeness (QED) is 0.901. The van der Waals surface area contributed by atoms with Gasteiger partial charge in [0, 0.05) is 31.1 Å². The molecule has 0 amide bonds. The molecule has 96 valence electrons. The van der Waals surface area contributed by atoms with Gasteiger partial charge in [-0.3, -0.25) is 4.98 Å². The van der Waals surface area contributed by atoms with Gasteiger partial charge in [-0.05, 0) is 18.1 Å². The number of hydrogen-bond acceptors (Lipinski definition) is 3. The first-order valence-corrected chi connectivity index (χ1v) is 6.41. The number of halogens is 1. The first-order valence-electron chi connectivity index (χ1n) is 6.03. The molecule has 0 aliphatic heterocycles. The smallest absolute Gasteiger partial charge is 0.0952 e. The molecule has 0 saturated carbocycles. The lowest BCUT2D eigenvalue weighted by Gasteiger charge is -2.05. The summed E-state index contributed by atoms with van der Waals surface area (Å²) in [5, 5.41) is 0.679. The third-order valence-electron chi connectivity index (χ3n) is 2.89. The zero-order valence-electron chi connectivity index (χ0n) is 10.4. The maximum atomic E-state index is 6.07. The molecule has 1 unspecified atom stereocenters. The molecule has 0 fully saturated rings. The van der Waals surface area contributed by atoms with Crippen LogP contribution in [-0.2, 0) is 13.0 Å². The van der Waals surface area contributed by atoms with Crippen LogP contribution in [0.2, 0.25) is 5.02 Å². The van der Waals surface area contributed by atoms with Crippen LogP contribution in [0.1, 0.15) is 24.6 Å². The Bertz CT molecular complexity index is 509. The van der Waals surface area contributed by atoms with Crippen LogP contribution in [0.3, 0.4) is 0 Å². The molecular formula is C13H17ClN4. The summed E-state index contributed by atoms with van der Waals surface area (Å²) in [6.07, 6.45) is 9.01. The van der Waals surface area contributed by atoms with Crippen molar-refractivity contribution in [3.63, 3.8) is 0 Å². The van der Waals surface area contributed by atoms with E-state index < -0.39 is 0 Å². The van der Waals surface area contributed by atoms with Gasteiger partial charge in [0.05, 0.1) is 23.6 Å². The van der Waals surface area contributed by atoms with Crippen molar-refractivity contribution >= 4 is 11.6 Å². The molecule has 0 aliphatic rings. The lowest BCUT2D eigenvalue weighted by Crippen LogP contribution is -2.21. The third-order valence-corrected chi connectivity index (χ3v) is 3.23. The Morgan fingerprint density at radius 2 is 2.33 bits per heavy atom. The van der Waals surface area contributed by atoms with Crippen molar-refractivity contribution in [3.05, 3.63) is 47.3 Å². The van der Waals surface area contributed by atoms with E-state index in [0.717, 1.165) is 24.1 Å². The zero-order valence-corrected chi connectivity index (χ0v) is 11.1. The van der Waals surface area contributed by atoms with E-state index in [4.69, 9.17) is 17.3 Å². The van der Waals surface area contributed by atoms with Gasteiger partial charge in [0.15, 0.2) is 0 Å². The molecule has 5 heteroatoms. The van der Waals surface area contributed by atoms with E-state index in [0.29, 0.717) is 11.6 Å². The van der Waals surface area contributed by atoms with Crippen molar-refractivity contribution < 1.29 is 0 Å². The number of nitrogens with zero attached hydrogens (tertiary/aromatic N) is 3. The summed E-state index contributed by atoms with van der Waals surface area (Å²) in [4.78, 5) is 8.32. The van der Waals surface area contributed by atoms with Crippen molar-refractivity contribution in [2.75, 3.05) is 0 Å². The molecule has 0 spiro atoms. The van der Waals surface area contributed by atoms with Crippen molar-refractivity contribution in [1.29, 1.82) is 0 Å². The second kappa shape index (κ2) is 5.98. The number of rotatable bonds is 5. The van der Waals surface area contributed by atoms with Crippen molar-refractivity contribution in [2.45, 2.75) is 32.4 Å². The monoisotopic (exact) mass is 264 g/mol. The Morgan fingerprint density at radius 3 is 3.06 bits per heavy atom. The Labute approximate surface area is 112 Å². The highest BCUT2D eigenvalue weighted by Crippen LogP contribution is 2.15. The Kier molecular flexibility index (Phi) is 4.33. The van der Waals surface area contributed by atoms with Crippen LogP contribution < -0.4 is 5.73 Å². The van der Waals surface area contributed by atoms with E-state index in [1.54, 1.807) is 12.4 Å². The van der Waals surface area contributed by atoms with Gasteiger partial charge < -0.3 is 10.3 Å². The summed E-state index contributed by atoms with van der Waals surface area (Å²) in [6, 6.07) is 2.10. The van der Waals surface area contributed by atoms with Gasteiger partial charge in [-0.2, -0.15) is 0 Å². The van der Waals surface area contributed by atoms with Gasteiger partial charge in [-0.25, -0.2) is 4.98 Å². The Balaban J connectivity index is 2.05. The minimum atomic E-state index is 0.179. The molecule has 1 atom stereocenters. The second-order valence-electron chi connectivity index (χ2n) is 4.38. The summed E-state index contributed by atoms with van der Waals surface area (Å²) >= 11 is 6.07. The second-order valence-corrected chi connectivity index (χ2v) is 4.78. The van der Waals surface area contributed by atoms with Gasteiger partial charge in [-0.15, -0.1) is 0 Å². The number of hydrogen-bond donors (Lipinski definition) is 1. The summed E-state index contributed by atoms with van der Waals surface area (Å²) < 4.78 is 2.01. The number of nitrogens with two attached hydrogens (primary N) is 1. The molecule has 2 heterocycles. The van der Waals surface area contributed by atoms with E-state index in [2.05, 4.69) is 16.9 Å². The van der Waals surface area contributed by atoms with Crippen LogP contribution in [0.25, 0.3) is 0 Å². The van der Waals surface area contributed by atoms with Crippen LogP contribution in [0, 0.1) is 0 Å². The summed E-state index contributed by atoms with van der Waals surface area (Å²) in [7, 11) is 0. The fourth-order valence-electron chi connectivity index (χ4n) is 1.74. The first kappa shape index (κ1) is 13.1. The van der Waals surface area contributed by atoms with Gasteiger partial charge in [-0.1, -0.05) is 18.5 Å². The highest BCUT2D eigenvalue weighted by molar-refractivity contribution is 6.31. The maximum absolute atomic E-state index is 6.07. The fraction of sp³-hybridized carbons (Fsp3) is 0.385. The van der Waals surface area contributed by atoms with Crippen LogP contribution >= 0.6 is 11.6 Å². The predicted octanol–water partition coefficient (Wildman–Crippen LogP) is 2.26. The first-order chi connectivity index (χ1) is 8.69. The average Bonchev–Trinajstić information content (AvgIpc) is 2.79. The standard InChI is InChI=1S/C13H17ClN4/c1-2-11(15)5-12-8-18(9-17-12)7-10-3-4-16-6-13(10)14/h3-4,6,8-9,11H,2,5,7,15H2,1H3. The third kappa shape index (κ3) is 3.31. The number of pyridine rings is 1. The normalized spacial score (nSPS) is 12.6. The molecule has 0 aliphatic carbocycles. The molecule has 0 saturated heterocycles. The minimum Gasteiger partial charge on any atom is -0.333 e. The summed E-state index contributed by atoms with van der Waals surface area (Å²) in [6.45, 7) is 2.79. The summed E-state index contributed by atoms with van der Waals surface area (Å²) in [5.74, 6) is 0. The van der Waals surface area contributed by atoms with E-state index in [1.165, 1.54) is 0 Å². The topological polar surface area (TPSA) is 56.7 Å². The van der Waals surface area contributed by atoms with Crippen LogP contribution in [-0.4, -0.2) is 20.6 Å². The molecule has 18 heavy (non-hydrogen) atoms. The molecule has 0 bridgehead atoms. The molecule has 2 rings (SSSR count). The lowest BCUT2D eigenvalue weighted by atomic mass is 10.1. The van der Waals surface area contributed by atoms with Crippen molar-refractivity contribution in [3.8, 4) is 0 Å². The minimum absolute atomic E-state index is 0.179. The molecule has 2 aromatic heterocycles. The number of aromatic nitrogens is 3. The van der Waals surface area contributed by atoms with E-state index in [1.807, 2.05) is 23.2 Å². The SMILES string of the molecule is CCC(N)Cc1cn(Cc2ccncc2Cl)cn1. The van der Waals surface area contributed by atoms with Crippen LogP contribution in [0.4, 0.5) is 0 Å². The molecule has 0 radical (unpaired) electrons. The number of imidazole rings is 1. The van der Waals surface area contributed by atoms with E-state index in [9.17, 15) is 0 Å². The maximum Gasteiger partial charge on any atom is 0.0952 e. The predicted molar refractivity (Wildman–Crippen MR) is 72.5 cm³/mol. The van der Waals surface area contributed by atoms with Crippen molar-refractivity contribution in [2.24, 2.45) is 5.73 Å². The zero-order chi connectivity index (χ0) is 13.0. The van der Waals surface area contributed by atoms with Crippen LogP contribution in [0.5, 0.6) is 0 Å². The molecule has 2 N–H and O–H groups in total. The highest BCUT2D eigenvalue weighted by Gasteiger charge is 2.06. The van der Waals surface area contributed by atoms with Gasteiger partial charge in [0.25, 0.3) is 0 Å².